The smallest absolute Gasteiger partial charge is 0.0227 e. The lowest BCUT2D eigenvalue weighted by atomic mass is 9.71. The summed E-state index contributed by atoms with van der Waals surface area (Å²) >= 11 is 0. The highest BCUT2D eigenvalue weighted by Crippen LogP contribution is 2.68. The van der Waals surface area contributed by atoms with Crippen molar-refractivity contribution in [2.75, 3.05) is 0 Å². The lowest BCUT2D eigenvalue weighted by Crippen LogP contribution is -2.25. The first-order valence-corrected chi connectivity index (χ1v) is 5.43. The third-order valence-electron chi connectivity index (χ3n) is 4.47. The van der Waals surface area contributed by atoms with Crippen LogP contribution in [0.5, 0.6) is 0 Å². The van der Waals surface area contributed by atoms with Crippen LogP contribution in [-0.4, -0.2) is 0 Å². The van der Waals surface area contributed by atoms with Crippen LogP contribution in [0.4, 0.5) is 0 Å². The lowest BCUT2D eigenvalue weighted by Gasteiger charge is -2.33. The van der Waals surface area contributed by atoms with Crippen LogP contribution < -0.4 is 0 Å². The summed E-state index contributed by atoms with van der Waals surface area (Å²) in [6.45, 7) is 14.0. The number of hydrogen-bond donors (Lipinski definition) is 0. The molecule has 2 saturated carbocycles. The zero-order chi connectivity index (χ0) is 9.91. The molecule has 2 fully saturated rings. The van der Waals surface area contributed by atoms with Gasteiger partial charge in [-0.15, -0.1) is 0 Å². The summed E-state index contributed by atoms with van der Waals surface area (Å²) < 4.78 is 0. The van der Waals surface area contributed by atoms with Gasteiger partial charge in [-0.1, -0.05) is 39.8 Å². The van der Waals surface area contributed by atoms with Crippen molar-refractivity contribution >= 4 is 0 Å². The third kappa shape index (κ3) is 1.18. The zero-order valence-electron chi connectivity index (χ0n) is 9.54. The molecule has 13 heavy (non-hydrogen) atoms. The molecule has 0 aromatic heterocycles. The van der Waals surface area contributed by atoms with Crippen molar-refractivity contribution in [2.24, 2.45) is 16.2 Å². The largest absolute Gasteiger partial charge is 0.0998 e. The predicted molar refractivity (Wildman–Crippen MR) is 57.6 cm³/mol. The van der Waals surface area contributed by atoms with Crippen molar-refractivity contribution in [1.82, 2.24) is 0 Å². The Morgan fingerprint density at radius 1 is 0.923 bits per heavy atom. The molecule has 0 heteroatoms. The van der Waals surface area contributed by atoms with Crippen molar-refractivity contribution in [2.45, 2.75) is 53.4 Å². The van der Waals surface area contributed by atoms with Gasteiger partial charge >= 0.3 is 0 Å². The first kappa shape index (κ1) is 9.30. The fraction of sp³-hybridized carbons (Fsp3) is 0.846. The van der Waals surface area contributed by atoms with Crippen molar-refractivity contribution < 1.29 is 0 Å². The van der Waals surface area contributed by atoms with Gasteiger partial charge in [0.2, 0.25) is 0 Å². The maximum Gasteiger partial charge on any atom is -0.0227 e. The molecule has 0 aromatic carbocycles. The number of hydrogen-bond acceptors (Lipinski definition) is 0. The van der Waals surface area contributed by atoms with E-state index in [1.165, 1.54) is 31.3 Å². The fourth-order valence-electron chi connectivity index (χ4n) is 4.32. The highest BCUT2D eigenvalue weighted by Gasteiger charge is 2.58. The summed E-state index contributed by atoms with van der Waals surface area (Å²) in [4.78, 5) is 0. The van der Waals surface area contributed by atoms with Crippen LogP contribution in [0.15, 0.2) is 12.2 Å². The van der Waals surface area contributed by atoms with Gasteiger partial charge in [-0.3, -0.25) is 0 Å². The van der Waals surface area contributed by atoms with Gasteiger partial charge in [-0.25, -0.2) is 0 Å². The van der Waals surface area contributed by atoms with Gasteiger partial charge in [0, 0.05) is 0 Å². The summed E-state index contributed by atoms with van der Waals surface area (Å²) in [6, 6.07) is 0. The quantitative estimate of drug-likeness (QED) is 0.488. The second-order valence-electron chi connectivity index (χ2n) is 6.74. The first-order chi connectivity index (χ1) is 5.77. The van der Waals surface area contributed by atoms with Gasteiger partial charge in [0.05, 0.1) is 0 Å². The highest BCUT2D eigenvalue weighted by molar-refractivity contribution is 5.20. The molecule has 0 aromatic rings. The maximum absolute atomic E-state index is 4.17. The molecule has 0 spiro atoms. The monoisotopic (exact) mass is 178 g/mol. The summed E-state index contributed by atoms with van der Waals surface area (Å²) in [5.74, 6) is 0. The van der Waals surface area contributed by atoms with Gasteiger partial charge in [0.1, 0.15) is 0 Å². The molecule has 2 atom stereocenters. The van der Waals surface area contributed by atoms with E-state index in [-0.39, 0.29) is 0 Å². The lowest BCUT2D eigenvalue weighted by molar-refractivity contribution is 0.157. The summed E-state index contributed by atoms with van der Waals surface area (Å²) in [5, 5.41) is 0. The van der Waals surface area contributed by atoms with Crippen LogP contribution in [0, 0.1) is 16.2 Å². The Labute approximate surface area is 82.4 Å². The van der Waals surface area contributed by atoms with Crippen LogP contribution >= 0.6 is 0 Å². The van der Waals surface area contributed by atoms with E-state index in [1.807, 2.05) is 0 Å². The zero-order valence-corrected chi connectivity index (χ0v) is 9.54. The van der Waals surface area contributed by atoms with Crippen LogP contribution in [0.25, 0.3) is 0 Å². The molecule has 0 radical (unpaired) electrons. The van der Waals surface area contributed by atoms with Crippen molar-refractivity contribution in [3.63, 3.8) is 0 Å². The van der Waals surface area contributed by atoms with Gasteiger partial charge in [0.25, 0.3) is 0 Å². The molecule has 2 aliphatic carbocycles. The molecule has 0 aliphatic heterocycles. The van der Waals surface area contributed by atoms with E-state index in [4.69, 9.17) is 0 Å². The summed E-state index contributed by atoms with van der Waals surface area (Å²) in [5.41, 5.74) is 3.14. The second kappa shape index (κ2) is 2.21. The molecule has 0 saturated heterocycles. The van der Waals surface area contributed by atoms with Crippen LogP contribution in [0.1, 0.15) is 53.4 Å². The van der Waals surface area contributed by atoms with E-state index in [2.05, 4.69) is 34.3 Å². The van der Waals surface area contributed by atoms with Crippen molar-refractivity contribution in [1.29, 1.82) is 0 Å². The Morgan fingerprint density at radius 2 is 1.31 bits per heavy atom. The van der Waals surface area contributed by atoms with Gasteiger partial charge in [0.15, 0.2) is 0 Å². The molecule has 2 unspecified atom stereocenters. The number of rotatable bonds is 0. The van der Waals surface area contributed by atoms with Crippen LogP contribution in [0.2, 0.25) is 0 Å². The second-order valence-corrected chi connectivity index (χ2v) is 6.74. The minimum atomic E-state index is 0.549. The minimum absolute atomic E-state index is 0.549. The molecule has 2 aliphatic rings. The summed E-state index contributed by atoms with van der Waals surface area (Å²) in [7, 11) is 0. The molecule has 0 amide bonds. The van der Waals surface area contributed by atoms with Crippen molar-refractivity contribution in [3.05, 3.63) is 12.2 Å². The average Bonchev–Trinajstić information content (AvgIpc) is 2.04. The molecular weight excluding hydrogens is 156 g/mol. The topological polar surface area (TPSA) is 0 Å². The maximum atomic E-state index is 4.17. The molecule has 0 N–H and O–H groups in total. The minimum Gasteiger partial charge on any atom is -0.0998 e. The Kier molecular flexibility index (Phi) is 1.58. The number of fused-ring (bicyclic) bond motifs is 1. The Morgan fingerprint density at radius 3 is 1.69 bits per heavy atom. The fourth-order valence-corrected chi connectivity index (χ4v) is 4.32. The van der Waals surface area contributed by atoms with Crippen LogP contribution in [-0.2, 0) is 0 Å². The van der Waals surface area contributed by atoms with Gasteiger partial charge in [-0.2, -0.15) is 0 Å². The molecular formula is C13H22. The normalized spacial score (nSPS) is 48.2. The SMILES string of the molecule is C=C1CC2(C)CC(C)(C)CC2(C)C1. The Bertz CT molecular complexity index is 237. The molecule has 74 valence electrons. The summed E-state index contributed by atoms with van der Waals surface area (Å²) in [6.07, 6.45) is 5.31. The predicted octanol–water partition coefficient (Wildman–Crippen LogP) is 4.17. The van der Waals surface area contributed by atoms with Gasteiger partial charge < -0.3 is 0 Å². The van der Waals surface area contributed by atoms with E-state index in [0.717, 1.165) is 0 Å². The highest BCUT2D eigenvalue weighted by atomic mass is 14.6. The Hall–Kier alpha value is -0.260. The molecule has 2 rings (SSSR count). The molecule has 0 bridgehead atoms. The van der Waals surface area contributed by atoms with E-state index in [9.17, 15) is 0 Å². The third-order valence-corrected chi connectivity index (χ3v) is 4.47. The molecule has 0 heterocycles. The first-order valence-electron chi connectivity index (χ1n) is 5.43. The van der Waals surface area contributed by atoms with E-state index in [0.29, 0.717) is 16.2 Å². The Balaban J connectivity index is 2.36. The van der Waals surface area contributed by atoms with E-state index < -0.39 is 0 Å². The number of allylic oxidation sites excluding steroid dienone is 1. The van der Waals surface area contributed by atoms with Crippen molar-refractivity contribution in [3.8, 4) is 0 Å². The molecule has 0 nitrogen and oxygen atoms in total. The standard InChI is InChI=1S/C13H22/c1-10-6-12(4)8-11(2,3)9-13(12,5)7-10/h1,6-9H2,2-5H3. The average molecular weight is 178 g/mol. The van der Waals surface area contributed by atoms with Crippen LogP contribution in [0.3, 0.4) is 0 Å². The van der Waals surface area contributed by atoms with E-state index >= 15 is 0 Å². The van der Waals surface area contributed by atoms with Gasteiger partial charge in [-0.05, 0) is 41.9 Å². The van der Waals surface area contributed by atoms with E-state index in [1.54, 1.807) is 0 Å².